The average Bonchev–Trinajstić information content (AvgIpc) is 2.69. The summed E-state index contributed by atoms with van der Waals surface area (Å²) in [6.07, 6.45) is 0.536. The lowest BCUT2D eigenvalue weighted by Crippen LogP contribution is -2.49. The van der Waals surface area contributed by atoms with E-state index in [-0.39, 0.29) is 17.8 Å². The van der Waals surface area contributed by atoms with Crippen molar-refractivity contribution in [1.82, 2.24) is 4.90 Å². The van der Waals surface area contributed by atoms with Gasteiger partial charge < -0.3 is 19.9 Å². The monoisotopic (exact) mass is 385 g/mol. The minimum atomic E-state index is -0.231. The number of carbonyl (C=O) groups excluding carboxylic acids is 1. The van der Waals surface area contributed by atoms with Gasteiger partial charge in [0.15, 0.2) is 0 Å². The number of carbonyl (C=O) groups is 1. The highest BCUT2D eigenvalue weighted by Crippen LogP contribution is 2.24. The maximum atomic E-state index is 13.1. The number of amides is 1. The van der Waals surface area contributed by atoms with E-state index in [4.69, 9.17) is 4.74 Å². The summed E-state index contributed by atoms with van der Waals surface area (Å²) < 4.78 is 18.9. The van der Waals surface area contributed by atoms with Crippen molar-refractivity contribution in [3.63, 3.8) is 0 Å². The molecule has 6 heteroatoms. The zero-order chi connectivity index (χ0) is 19.9. The van der Waals surface area contributed by atoms with Crippen LogP contribution in [0.1, 0.15) is 20.3 Å². The SMILES string of the molecule is CC(C)Oc1ccccc1NCCC(=O)N1CCN(c2ccc(F)cc2)CC1. The summed E-state index contributed by atoms with van der Waals surface area (Å²) >= 11 is 0. The van der Waals surface area contributed by atoms with Crippen LogP contribution in [0.2, 0.25) is 0 Å². The average molecular weight is 385 g/mol. The number of piperazine rings is 1. The summed E-state index contributed by atoms with van der Waals surface area (Å²) in [7, 11) is 0. The molecule has 2 aromatic rings. The third-order valence-electron chi connectivity index (χ3n) is 4.73. The van der Waals surface area contributed by atoms with Crippen molar-refractivity contribution in [2.75, 3.05) is 42.9 Å². The number of ether oxygens (including phenoxy) is 1. The van der Waals surface area contributed by atoms with Crippen molar-refractivity contribution in [2.45, 2.75) is 26.4 Å². The summed E-state index contributed by atoms with van der Waals surface area (Å²) in [5, 5.41) is 3.31. The Morgan fingerprint density at radius 3 is 2.43 bits per heavy atom. The first-order chi connectivity index (χ1) is 13.5. The van der Waals surface area contributed by atoms with E-state index in [0.29, 0.717) is 26.1 Å². The molecule has 0 bridgehead atoms. The molecule has 1 aliphatic heterocycles. The Morgan fingerprint density at radius 1 is 1.07 bits per heavy atom. The highest BCUT2D eigenvalue weighted by atomic mass is 19.1. The fourth-order valence-corrected chi connectivity index (χ4v) is 3.30. The van der Waals surface area contributed by atoms with Gasteiger partial charge in [-0.2, -0.15) is 0 Å². The number of halogens is 1. The Balaban J connectivity index is 1.44. The fraction of sp³-hybridized carbons (Fsp3) is 0.409. The largest absolute Gasteiger partial charge is 0.489 e. The van der Waals surface area contributed by atoms with Crippen molar-refractivity contribution < 1.29 is 13.9 Å². The molecule has 0 aromatic heterocycles. The molecule has 1 aliphatic rings. The van der Waals surface area contributed by atoms with E-state index in [0.717, 1.165) is 30.2 Å². The lowest BCUT2D eigenvalue weighted by atomic mass is 10.2. The first kappa shape index (κ1) is 20.0. The van der Waals surface area contributed by atoms with Crippen LogP contribution < -0.4 is 15.0 Å². The van der Waals surface area contributed by atoms with Gasteiger partial charge in [-0.15, -0.1) is 0 Å². The van der Waals surface area contributed by atoms with Gasteiger partial charge in [0.05, 0.1) is 11.8 Å². The third kappa shape index (κ3) is 5.38. The predicted octanol–water partition coefficient (Wildman–Crippen LogP) is 3.76. The van der Waals surface area contributed by atoms with Gasteiger partial charge in [-0.3, -0.25) is 4.79 Å². The number of nitrogens with one attached hydrogen (secondary N) is 1. The summed E-state index contributed by atoms with van der Waals surface area (Å²) in [6, 6.07) is 14.3. The number of rotatable bonds is 7. The normalized spacial score (nSPS) is 14.3. The van der Waals surface area contributed by atoms with E-state index < -0.39 is 0 Å². The maximum Gasteiger partial charge on any atom is 0.224 e. The predicted molar refractivity (Wildman–Crippen MR) is 111 cm³/mol. The molecule has 0 unspecified atom stereocenters. The maximum absolute atomic E-state index is 13.1. The second-order valence-electron chi connectivity index (χ2n) is 7.18. The molecule has 0 saturated carbocycles. The van der Waals surface area contributed by atoms with E-state index in [1.54, 1.807) is 12.1 Å². The topological polar surface area (TPSA) is 44.8 Å². The van der Waals surface area contributed by atoms with Crippen molar-refractivity contribution in [3.05, 3.63) is 54.3 Å². The summed E-state index contributed by atoms with van der Waals surface area (Å²) in [6.45, 7) is 7.44. The molecule has 150 valence electrons. The van der Waals surface area contributed by atoms with Gasteiger partial charge in [0.1, 0.15) is 11.6 Å². The van der Waals surface area contributed by atoms with Crippen LogP contribution in [0.25, 0.3) is 0 Å². The number of nitrogens with zero attached hydrogens (tertiary/aromatic N) is 2. The van der Waals surface area contributed by atoms with Gasteiger partial charge >= 0.3 is 0 Å². The Labute approximate surface area is 166 Å². The van der Waals surface area contributed by atoms with E-state index in [1.165, 1.54) is 12.1 Å². The van der Waals surface area contributed by atoms with Crippen LogP contribution >= 0.6 is 0 Å². The molecule has 3 rings (SSSR count). The fourth-order valence-electron chi connectivity index (χ4n) is 3.30. The highest BCUT2D eigenvalue weighted by Gasteiger charge is 2.21. The Bertz CT molecular complexity index is 772. The number of anilines is 2. The molecule has 1 amide bonds. The molecule has 5 nitrogen and oxygen atoms in total. The standard InChI is InChI=1S/C22H28FN3O2/c1-17(2)28-21-6-4-3-5-20(21)24-12-11-22(27)26-15-13-25(14-16-26)19-9-7-18(23)8-10-19/h3-10,17,24H,11-16H2,1-2H3. The summed E-state index contributed by atoms with van der Waals surface area (Å²) in [4.78, 5) is 16.6. The Hall–Kier alpha value is -2.76. The van der Waals surface area contributed by atoms with Gasteiger partial charge in [-0.25, -0.2) is 4.39 Å². The van der Waals surface area contributed by atoms with Gasteiger partial charge in [-0.05, 0) is 50.2 Å². The second kappa shape index (κ2) is 9.44. The molecule has 28 heavy (non-hydrogen) atoms. The molecule has 2 aromatic carbocycles. The van der Waals surface area contributed by atoms with Gasteiger partial charge in [0.25, 0.3) is 0 Å². The molecule has 1 heterocycles. The zero-order valence-corrected chi connectivity index (χ0v) is 16.5. The van der Waals surface area contributed by atoms with Crippen molar-refractivity contribution in [1.29, 1.82) is 0 Å². The lowest BCUT2D eigenvalue weighted by Gasteiger charge is -2.36. The Morgan fingerprint density at radius 2 is 1.75 bits per heavy atom. The number of benzene rings is 2. The van der Waals surface area contributed by atoms with Crippen molar-refractivity contribution in [2.24, 2.45) is 0 Å². The second-order valence-corrected chi connectivity index (χ2v) is 7.18. The molecule has 0 spiro atoms. The summed E-state index contributed by atoms with van der Waals surface area (Å²) in [5.41, 5.74) is 1.90. The molecule has 1 fully saturated rings. The minimum Gasteiger partial charge on any atom is -0.489 e. The van der Waals surface area contributed by atoms with Crippen LogP contribution in [-0.2, 0) is 4.79 Å². The van der Waals surface area contributed by atoms with Crippen molar-refractivity contribution >= 4 is 17.3 Å². The molecule has 0 aliphatic carbocycles. The Kier molecular flexibility index (Phi) is 6.74. The van der Waals surface area contributed by atoms with Crippen LogP contribution in [0.15, 0.2) is 48.5 Å². The number of hydrogen-bond acceptors (Lipinski definition) is 4. The molecule has 0 radical (unpaired) electrons. The molecule has 1 N–H and O–H groups in total. The van der Waals surface area contributed by atoms with Gasteiger partial charge in [0, 0.05) is 44.8 Å². The lowest BCUT2D eigenvalue weighted by molar-refractivity contribution is -0.131. The molecular formula is C22H28FN3O2. The van der Waals surface area contributed by atoms with Crippen LogP contribution in [0.4, 0.5) is 15.8 Å². The van der Waals surface area contributed by atoms with E-state index in [2.05, 4.69) is 10.2 Å². The van der Waals surface area contributed by atoms with E-state index in [1.807, 2.05) is 43.0 Å². The molecule has 1 saturated heterocycles. The van der Waals surface area contributed by atoms with Crippen LogP contribution in [0, 0.1) is 5.82 Å². The van der Waals surface area contributed by atoms with Crippen molar-refractivity contribution in [3.8, 4) is 5.75 Å². The molecular weight excluding hydrogens is 357 g/mol. The van der Waals surface area contributed by atoms with Crippen LogP contribution in [0.5, 0.6) is 5.75 Å². The van der Waals surface area contributed by atoms with Crippen LogP contribution in [-0.4, -0.2) is 49.6 Å². The van der Waals surface area contributed by atoms with Crippen LogP contribution in [0.3, 0.4) is 0 Å². The number of hydrogen-bond donors (Lipinski definition) is 1. The number of para-hydroxylation sites is 2. The first-order valence-electron chi connectivity index (χ1n) is 9.81. The summed E-state index contributed by atoms with van der Waals surface area (Å²) in [5.74, 6) is 0.719. The quantitative estimate of drug-likeness (QED) is 0.788. The molecule has 0 atom stereocenters. The van der Waals surface area contributed by atoms with Gasteiger partial charge in [-0.1, -0.05) is 12.1 Å². The van der Waals surface area contributed by atoms with E-state index in [9.17, 15) is 9.18 Å². The highest BCUT2D eigenvalue weighted by molar-refractivity contribution is 5.77. The smallest absolute Gasteiger partial charge is 0.224 e. The first-order valence-corrected chi connectivity index (χ1v) is 9.81. The third-order valence-corrected chi connectivity index (χ3v) is 4.73. The van der Waals surface area contributed by atoms with Gasteiger partial charge in [0.2, 0.25) is 5.91 Å². The zero-order valence-electron chi connectivity index (χ0n) is 16.5. The van der Waals surface area contributed by atoms with E-state index >= 15 is 0 Å². The minimum absolute atomic E-state index is 0.0991.